The van der Waals surface area contributed by atoms with Gasteiger partial charge in [-0.05, 0) is 37.8 Å². The Hall–Kier alpha value is -2.11. The lowest BCUT2D eigenvalue weighted by atomic mass is 9.92. The lowest BCUT2D eigenvalue weighted by Gasteiger charge is -2.22. The highest BCUT2D eigenvalue weighted by Gasteiger charge is 2.47. The number of aromatic nitrogens is 1. The highest BCUT2D eigenvalue weighted by atomic mass is 16.2. The molecule has 0 bridgehead atoms. The van der Waals surface area contributed by atoms with Gasteiger partial charge in [-0.2, -0.15) is 0 Å². The summed E-state index contributed by atoms with van der Waals surface area (Å²) in [6.07, 6.45) is 3.04. The van der Waals surface area contributed by atoms with Gasteiger partial charge >= 0.3 is 6.03 Å². The number of nitrogens with zero attached hydrogens (tertiary/aromatic N) is 1. The molecule has 1 atom stereocenters. The maximum atomic E-state index is 12.4. The Kier molecular flexibility index (Phi) is 4.16. The van der Waals surface area contributed by atoms with Crippen molar-refractivity contribution in [2.75, 3.05) is 6.54 Å². The largest absolute Gasteiger partial charge is 0.359 e. The van der Waals surface area contributed by atoms with E-state index >= 15 is 0 Å². The summed E-state index contributed by atoms with van der Waals surface area (Å²) < 4.78 is 0. The quantitative estimate of drug-likeness (QED) is 0.620. The first-order valence-corrected chi connectivity index (χ1v) is 7.14. The van der Waals surface area contributed by atoms with E-state index in [1.807, 2.05) is 0 Å². The van der Waals surface area contributed by atoms with Crippen LogP contribution < -0.4 is 5.32 Å². The SMILES string of the molecule is CC(C)CC[C@@]1(C)NC(=O)N(CC(=O)c2ccc[nH]2)C1=O. The van der Waals surface area contributed by atoms with Crippen molar-refractivity contribution in [1.82, 2.24) is 15.2 Å². The van der Waals surface area contributed by atoms with Crippen LogP contribution >= 0.6 is 0 Å². The normalized spacial score (nSPS) is 22.0. The second-order valence-electron chi connectivity index (χ2n) is 6.09. The maximum absolute atomic E-state index is 12.4. The highest BCUT2D eigenvalue weighted by molar-refractivity contribution is 6.10. The van der Waals surface area contributed by atoms with Gasteiger partial charge in [-0.3, -0.25) is 14.5 Å². The fraction of sp³-hybridized carbons (Fsp3) is 0.533. The number of carbonyl (C=O) groups is 3. The van der Waals surface area contributed by atoms with E-state index in [9.17, 15) is 14.4 Å². The fourth-order valence-electron chi connectivity index (χ4n) is 2.37. The summed E-state index contributed by atoms with van der Waals surface area (Å²) in [5.41, 5.74) is -0.511. The van der Waals surface area contributed by atoms with Crippen LogP contribution in [-0.2, 0) is 4.79 Å². The van der Waals surface area contributed by atoms with Gasteiger partial charge in [0.05, 0.1) is 12.2 Å². The molecule has 0 unspecified atom stereocenters. The highest BCUT2D eigenvalue weighted by Crippen LogP contribution is 2.24. The summed E-state index contributed by atoms with van der Waals surface area (Å²) in [6.45, 7) is 5.62. The molecule has 2 N–H and O–H groups in total. The van der Waals surface area contributed by atoms with Gasteiger partial charge in [0.15, 0.2) is 5.78 Å². The molecule has 1 aliphatic rings. The van der Waals surface area contributed by atoms with Crippen LogP contribution in [0.25, 0.3) is 0 Å². The number of nitrogens with one attached hydrogen (secondary N) is 2. The molecule has 1 aliphatic heterocycles. The Labute approximate surface area is 123 Å². The molecule has 2 heterocycles. The van der Waals surface area contributed by atoms with Crippen LogP contribution in [0.15, 0.2) is 18.3 Å². The molecular weight excluding hydrogens is 270 g/mol. The molecule has 6 nitrogen and oxygen atoms in total. The third kappa shape index (κ3) is 3.15. The van der Waals surface area contributed by atoms with Crippen LogP contribution in [0.2, 0.25) is 0 Å². The van der Waals surface area contributed by atoms with Crippen molar-refractivity contribution in [1.29, 1.82) is 0 Å². The van der Waals surface area contributed by atoms with Gasteiger partial charge in [-0.1, -0.05) is 13.8 Å². The third-order valence-corrected chi connectivity index (χ3v) is 3.77. The van der Waals surface area contributed by atoms with E-state index < -0.39 is 11.6 Å². The molecule has 3 amide bonds. The summed E-state index contributed by atoms with van der Waals surface area (Å²) in [5.74, 6) is -0.161. The number of urea groups is 1. The molecule has 0 spiro atoms. The molecule has 6 heteroatoms. The van der Waals surface area contributed by atoms with Gasteiger partial charge < -0.3 is 10.3 Å². The molecule has 0 aromatic carbocycles. The number of carbonyl (C=O) groups excluding carboxylic acids is 3. The van der Waals surface area contributed by atoms with E-state index in [-0.39, 0.29) is 18.2 Å². The van der Waals surface area contributed by atoms with Crippen LogP contribution in [0.4, 0.5) is 4.79 Å². The maximum Gasteiger partial charge on any atom is 0.325 e. The first kappa shape index (κ1) is 15.3. The fourth-order valence-corrected chi connectivity index (χ4v) is 2.37. The van der Waals surface area contributed by atoms with Gasteiger partial charge in [0.25, 0.3) is 5.91 Å². The zero-order chi connectivity index (χ0) is 15.6. The molecule has 0 radical (unpaired) electrons. The first-order valence-electron chi connectivity index (χ1n) is 7.14. The van der Waals surface area contributed by atoms with Crippen LogP contribution in [0, 0.1) is 5.92 Å². The number of Topliss-reactive ketones (excluding diaryl/α,β-unsaturated/α-hetero) is 1. The number of imide groups is 1. The molecule has 1 saturated heterocycles. The zero-order valence-electron chi connectivity index (χ0n) is 12.6. The van der Waals surface area contributed by atoms with Crippen molar-refractivity contribution in [3.8, 4) is 0 Å². The number of hydrogen-bond donors (Lipinski definition) is 2. The molecule has 1 aromatic heterocycles. The Balaban J connectivity index is 2.06. The average Bonchev–Trinajstić information content (AvgIpc) is 3.01. The number of H-pyrrole nitrogens is 1. The second kappa shape index (κ2) is 5.71. The standard InChI is InChI=1S/C15H21N3O3/c1-10(2)6-7-15(3)13(20)18(14(21)17-15)9-12(19)11-5-4-8-16-11/h4-5,8,10,16H,6-7,9H2,1-3H3,(H,17,21)/t15-/m1/s1. The Morgan fingerprint density at radius 2 is 2.10 bits per heavy atom. The van der Waals surface area contributed by atoms with Crippen LogP contribution in [0.1, 0.15) is 44.1 Å². The summed E-state index contributed by atoms with van der Waals surface area (Å²) in [7, 11) is 0. The summed E-state index contributed by atoms with van der Waals surface area (Å²) in [4.78, 5) is 40.2. The zero-order valence-corrected chi connectivity index (χ0v) is 12.6. The van der Waals surface area contributed by atoms with Crippen molar-refractivity contribution in [3.63, 3.8) is 0 Å². The second-order valence-corrected chi connectivity index (χ2v) is 6.09. The molecule has 2 rings (SSSR count). The number of amides is 3. The van der Waals surface area contributed by atoms with Crippen LogP contribution in [0.5, 0.6) is 0 Å². The van der Waals surface area contributed by atoms with Crippen molar-refractivity contribution in [3.05, 3.63) is 24.0 Å². The monoisotopic (exact) mass is 291 g/mol. The molecule has 21 heavy (non-hydrogen) atoms. The van der Waals surface area contributed by atoms with Crippen LogP contribution in [0.3, 0.4) is 0 Å². The minimum atomic E-state index is -0.905. The number of aromatic amines is 1. The Morgan fingerprint density at radius 3 is 2.67 bits per heavy atom. The molecule has 0 saturated carbocycles. The van der Waals surface area contributed by atoms with Crippen molar-refractivity contribution in [2.45, 2.75) is 39.2 Å². The first-order chi connectivity index (χ1) is 9.83. The molecule has 0 aliphatic carbocycles. The average molecular weight is 291 g/mol. The van der Waals surface area contributed by atoms with Crippen LogP contribution in [-0.4, -0.2) is 39.7 Å². The van der Waals surface area contributed by atoms with E-state index in [0.717, 1.165) is 11.3 Å². The summed E-state index contributed by atoms with van der Waals surface area (Å²) in [6, 6.07) is 2.83. The predicted octanol–water partition coefficient (Wildman–Crippen LogP) is 1.94. The van der Waals surface area contributed by atoms with E-state index in [2.05, 4.69) is 24.1 Å². The molecular formula is C15H21N3O3. The van der Waals surface area contributed by atoms with Gasteiger partial charge in [0.1, 0.15) is 5.54 Å². The van der Waals surface area contributed by atoms with Crippen molar-refractivity contribution in [2.24, 2.45) is 5.92 Å². The Morgan fingerprint density at radius 1 is 1.38 bits per heavy atom. The smallest absolute Gasteiger partial charge is 0.325 e. The third-order valence-electron chi connectivity index (χ3n) is 3.77. The minimum absolute atomic E-state index is 0.234. The lowest BCUT2D eigenvalue weighted by Crippen LogP contribution is -2.44. The topological polar surface area (TPSA) is 82.3 Å². The van der Waals surface area contributed by atoms with E-state index in [0.29, 0.717) is 18.0 Å². The minimum Gasteiger partial charge on any atom is -0.359 e. The van der Waals surface area contributed by atoms with Crippen molar-refractivity contribution < 1.29 is 14.4 Å². The van der Waals surface area contributed by atoms with E-state index in [1.54, 1.807) is 25.3 Å². The van der Waals surface area contributed by atoms with E-state index in [4.69, 9.17) is 0 Å². The Bertz CT molecular complexity index is 551. The number of hydrogen-bond acceptors (Lipinski definition) is 3. The van der Waals surface area contributed by atoms with Gasteiger partial charge in [0.2, 0.25) is 0 Å². The van der Waals surface area contributed by atoms with Gasteiger partial charge in [0, 0.05) is 6.20 Å². The summed E-state index contributed by atoms with van der Waals surface area (Å²) in [5, 5.41) is 2.71. The number of ketones is 1. The summed E-state index contributed by atoms with van der Waals surface area (Å²) >= 11 is 0. The van der Waals surface area contributed by atoms with Gasteiger partial charge in [-0.15, -0.1) is 0 Å². The van der Waals surface area contributed by atoms with Crippen molar-refractivity contribution >= 4 is 17.7 Å². The van der Waals surface area contributed by atoms with E-state index in [1.165, 1.54) is 0 Å². The number of rotatable bonds is 6. The van der Waals surface area contributed by atoms with Gasteiger partial charge in [-0.25, -0.2) is 4.79 Å². The lowest BCUT2D eigenvalue weighted by molar-refractivity contribution is -0.130. The predicted molar refractivity (Wildman–Crippen MR) is 77.8 cm³/mol. The molecule has 1 aromatic rings. The molecule has 114 valence electrons. The molecule has 1 fully saturated rings.